The summed E-state index contributed by atoms with van der Waals surface area (Å²) in [5.74, 6) is 0.716. The molecule has 1 N–H and O–H groups in total. The first-order valence-electron chi connectivity index (χ1n) is 4.82. The predicted octanol–water partition coefficient (Wildman–Crippen LogP) is 2.61. The van der Waals surface area contributed by atoms with Crippen molar-refractivity contribution < 1.29 is 13.2 Å². The summed E-state index contributed by atoms with van der Waals surface area (Å²) in [4.78, 5) is 0. The van der Waals surface area contributed by atoms with Crippen molar-refractivity contribution in [3.63, 3.8) is 0 Å². The number of rotatable bonds is 5. The van der Waals surface area contributed by atoms with Gasteiger partial charge in [-0.1, -0.05) is 6.92 Å². The van der Waals surface area contributed by atoms with E-state index in [0.717, 1.165) is 0 Å². The smallest absolute Gasteiger partial charge is 0.232 e. The number of nitrogens with one attached hydrogen (secondary N) is 1. The van der Waals surface area contributed by atoms with Crippen molar-refractivity contribution in [3.8, 4) is 5.75 Å². The van der Waals surface area contributed by atoms with Crippen molar-refractivity contribution in [1.82, 2.24) is 0 Å². The molecular formula is C10H14BrNO3S. The van der Waals surface area contributed by atoms with Crippen molar-refractivity contribution in [3.05, 3.63) is 22.7 Å². The Bertz CT molecular complexity index is 459. The normalized spacial score (nSPS) is 11.2. The van der Waals surface area contributed by atoms with Gasteiger partial charge in [-0.25, -0.2) is 8.42 Å². The fourth-order valence-electron chi connectivity index (χ4n) is 1.20. The quantitative estimate of drug-likeness (QED) is 0.909. The minimum Gasteiger partial charge on any atom is -0.497 e. The van der Waals surface area contributed by atoms with E-state index in [1.54, 1.807) is 18.2 Å². The van der Waals surface area contributed by atoms with Gasteiger partial charge in [0.25, 0.3) is 0 Å². The van der Waals surface area contributed by atoms with Gasteiger partial charge in [0.2, 0.25) is 10.0 Å². The van der Waals surface area contributed by atoms with Gasteiger partial charge in [0.05, 0.1) is 18.6 Å². The van der Waals surface area contributed by atoms with Crippen LogP contribution in [-0.4, -0.2) is 21.3 Å². The van der Waals surface area contributed by atoms with Crippen molar-refractivity contribution >= 4 is 31.6 Å². The average molecular weight is 308 g/mol. The zero-order valence-corrected chi connectivity index (χ0v) is 11.6. The molecule has 0 radical (unpaired) electrons. The molecule has 0 unspecified atom stereocenters. The summed E-state index contributed by atoms with van der Waals surface area (Å²) in [6.45, 7) is 1.82. The van der Waals surface area contributed by atoms with Gasteiger partial charge >= 0.3 is 0 Å². The monoisotopic (exact) mass is 307 g/mol. The lowest BCUT2D eigenvalue weighted by atomic mass is 10.3. The Balaban J connectivity index is 2.96. The van der Waals surface area contributed by atoms with Gasteiger partial charge in [-0.3, -0.25) is 4.72 Å². The maximum absolute atomic E-state index is 11.6. The molecule has 0 fully saturated rings. The topological polar surface area (TPSA) is 55.4 Å². The van der Waals surface area contributed by atoms with E-state index >= 15 is 0 Å². The van der Waals surface area contributed by atoms with E-state index in [1.165, 1.54) is 7.11 Å². The van der Waals surface area contributed by atoms with Crippen molar-refractivity contribution in [1.29, 1.82) is 0 Å². The Hall–Kier alpha value is -0.750. The number of benzene rings is 1. The third kappa shape index (κ3) is 3.68. The van der Waals surface area contributed by atoms with E-state index in [0.29, 0.717) is 22.3 Å². The molecule has 1 aromatic rings. The Kier molecular flexibility index (Phi) is 4.61. The van der Waals surface area contributed by atoms with Gasteiger partial charge in [-0.2, -0.15) is 0 Å². The van der Waals surface area contributed by atoms with Crippen LogP contribution in [0.3, 0.4) is 0 Å². The molecule has 16 heavy (non-hydrogen) atoms. The number of halogens is 1. The molecule has 0 amide bonds. The number of hydrogen-bond acceptors (Lipinski definition) is 3. The highest BCUT2D eigenvalue weighted by Gasteiger charge is 2.11. The molecule has 1 aromatic carbocycles. The highest BCUT2D eigenvalue weighted by molar-refractivity contribution is 9.10. The maximum Gasteiger partial charge on any atom is 0.232 e. The van der Waals surface area contributed by atoms with Crippen LogP contribution in [0.1, 0.15) is 13.3 Å². The van der Waals surface area contributed by atoms with Gasteiger partial charge in [0.15, 0.2) is 0 Å². The van der Waals surface area contributed by atoms with E-state index in [1.807, 2.05) is 6.92 Å². The summed E-state index contributed by atoms with van der Waals surface area (Å²) in [5.41, 5.74) is 0.493. The molecule has 0 aromatic heterocycles. The van der Waals surface area contributed by atoms with E-state index in [-0.39, 0.29) is 5.75 Å². The molecule has 0 aliphatic rings. The molecule has 6 heteroatoms. The highest BCUT2D eigenvalue weighted by atomic mass is 79.9. The largest absolute Gasteiger partial charge is 0.497 e. The lowest BCUT2D eigenvalue weighted by Gasteiger charge is -2.10. The van der Waals surface area contributed by atoms with Crippen molar-refractivity contribution in [2.24, 2.45) is 0 Å². The van der Waals surface area contributed by atoms with Gasteiger partial charge in [0.1, 0.15) is 5.75 Å². The molecule has 0 heterocycles. The van der Waals surface area contributed by atoms with E-state index < -0.39 is 10.0 Å². The molecule has 0 saturated carbocycles. The van der Waals surface area contributed by atoms with Crippen LogP contribution < -0.4 is 9.46 Å². The van der Waals surface area contributed by atoms with E-state index in [2.05, 4.69) is 20.7 Å². The van der Waals surface area contributed by atoms with Crippen LogP contribution in [0.2, 0.25) is 0 Å². The first-order chi connectivity index (χ1) is 7.48. The fourth-order valence-corrected chi connectivity index (χ4v) is 2.82. The number of anilines is 1. The molecule has 0 saturated heterocycles. The third-order valence-electron chi connectivity index (χ3n) is 1.91. The molecule has 4 nitrogen and oxygen atoms in total. The van der Waals surface area contributed by atoms with E-state index in [9.17, 15) is 8.42 Å². The number of methoxy groups -OCH3 is 1. The van der Waals surface area contributed by atoms with Crippen LogP contribution in [0.25, 0.3) is 0 Å². The number of sulfonamides is 1. The summed E-state index contributed by atoms with van der Waals surface area (Å²) in [6.07, 6.45) is 0.580. The SMILES string of the molecule is CCCS(=O)(=O)Nc1cc(OC)ccc1Br. The number of hydrogen-bond donors (Lipinski definition) is 1. The molecule has 0 atom stereocenters. The number of ether oxygens (including phenoxy) is 1. The molecular weight excluding hydrogens is 294 g/mol. The zero-order valence-electron chi connectivity index (χ0n) is 9.16. The molecule has 0 bridgehead atoms. The van der Waals surface area contributed by atoms with Crippen LogP contribution in [-0.2, 0) is 10.0 Å². The lowest BCUT2D eigenvalue weighted by molar-refractivity contribution is 0.415. The van der Waals surface area contributed by atoms with Crippen LogP contribution in [0.15, 0.2) is 22.7 Å². The molecule has 0 spiro atoms. The second-order valence-corrected chi connectivity index (χ2v) is 5.96. The van der Waals surface area contributed by atoms with Crippen molar-refractivity contribution in [2.75, 3.05) is 17.6 Å². The Morgan fingerprint density at radius 1 is 1.44 bits per heavy atom. The molecule has 0 aliphatic heterocycles. The second kappa shape index (κ2) is 5.54. The standard InChI is InChI=1S/C10H14BrNO3S/c1-3-6-16(13,14)12-10-7-8(15-2)4-5-9(10)11/h4-5,7,12H,3,6H2,1-2H3. The molecule has 90 valence electrons. The highest BCUT2D eigenvalue weighted by Crippen LogP contribution is 2.27. The van der Waals surface area contributed by atoms with Gasteiger partial charge < -0.3 is 4.74 Å². The molecule has 0 aliphatic carbocycles. The van der Waals surface area contributed by atoms with Crippen LogP contribution >= 0.6 is 15.9 Å². The summed E-state index contributed by atoms with van der Waals surface area (Å²) in [5, 5.41) is 0. The first-order valence-corrected chi connectivity index (χ1v) is 7.27. The third-order valence-corrected chi connectivity index (χ3v) is 4.08. The predicted molar refractivity (Wildman–Crippen MR) is 68.4 cm³/mol. The Labute approximate surface area is 104 Å². The second-order valence-electron chi connectivity index (χ2n) is 3.27. The van der Waals surface area contributed by atoms with Crippen LogP contribution in [0.5, 0.6) is 5.75 Å². The van der Waals surface area contributed by atoms with Crippen LogP contribution in [0.4, 0.5) is 5.69 Å². The average Bonchev–Trinajstić information content (AvgIpc) is 2.21. The summed E-state index contributed by atoms with van der Waals surface area (Å²) < 4.78 is 31.4. The summed E-state index contributed by atoms with van der Waals surface area (Å²) in [7, 11) is -1.73. The maximum atomic E-state index is 11.6. The van der Waals surface area contributed by atoms with Gasteiger partial charge in [-0.15, -0.1) is 0 Å². The minimum atomic E-state index is -3.27. The summed E-state index contributed by atoms with van der Waals surface area (Å²) >= 11 is 3.28. The summed E-state index contributed by atoms with van der Waals surface area (Å²) in [6, 6.07) is 5.13. The Morgan fingerprint density at radius 3 is 2.69 bits per heavy atom. The lowest BCUT2D eigenvalue weighted by Crippen LogP contribution is -2.16. The zero-order chi connectivity index (χ0) is 12.2. The first kappa shape index (κ1) is 13.3. The van der Waals surface area contributed by atoms with Crippen molar-refractivity contribution in [2.45, 2.75) is 13.3 Å². The Morgan fingerprint density at radius 2 is 2.12 bits per heavy atom. The van der Waals surface area contributed by atoms with Gasteiger partial charge in [0, 0.05) is 10.5 Å². The van der Waals surface area contributed by atoms with Crippen LogP contribution in [0, 0.1) is 0 Å². The van der Waals surface area contributed by atoms with E-state index in [4.69, 9.17) is 4.74 Å². The minimum absolute atomic E-state index is 0.108. The van der Waals surface area contributed by atoms with Gasteiger partial charge in [-0.05, 0) is 34.5 Å². The fraction of sp³-hybridized carbons (Fsp3) is 0.400. The molecule has 1 rings (SSSR count).